The van der Waals surface area contributed by atoms with Crippen molar-refractivity contribution in [3.63, 3.8) is 0 Å². The van der Waals surface area contributed by atoms with E-state index in [0.29, 0.717) is 5.39 Å². The molecule has 2 aromatic carbocycles. The zero-order valence-electron chi connectivity index (χ0n) is 12.4. The molecule has 1 heterocycles. The van der Waals surface area contributed by atoms with Gasteiger partial charge in [0.25, 0.3) is 5.56 Å². The molecule has 3 aromatic rings. The van der Waals surface area contributed by atoms with Crippen LogP contribution in [0.1, 0.15) is 21.5 Å². The third kappa shape index (κ3) is 2.85. The largest absolute Gasteiger partial charge is 0.478 e. The minimum Gasteiger partial charge on any atom is -0.478 e. The second-order valence-corrected chi connectivity index (χ2v) is 5.44. The molecule has 0 atom stereocenters. The van der Waals surface area contributed by atoms with Gasteiger partial charge < -0.3 is 9.67 Å². The molecule has 23 heavy (non-hydrogen) atoms. The topological polar surface area (TPSA) is 59.3 Å². The van der Waals surface area contributed by atoms with E-state index in [2.05, 4.69) is 0 Å². The number of carboxylic acids is 1. The molecular formula is C18H14FNO3. The van der Waals surface area contributed by atoms with Gasteiger partial charge in [0.1, 0.15) is 5.82 Å². The maximum atomic E-state index is 14.4. The number of aromatic nitrogens is 1. The number of rotatable bonds is 3. The Morgan fingerprint density at radius 3 is 2.48 bits per heavy atom. The smallest absolute Gasteiger partial charge is 0.335 e. The number of aromatic carboxylic acids is 1. The van der Waals surface area contributed by atoms with Crippen LogP contribution in [0, 0.1) is 12.7 Å². The lowest BCUT2D eigenvalue weighted by Crippen LogP contribution is -2.21. The normalized spacial score (nSPS) is 10.9. The van der Waals surface area contributed by atoms with Crippen LogP contribution in [0.2, 0.25) is 0 Å². The maximum absolute atomic E-state index is 14.4. The van der Waals surface area contributed by atoms with E-state index in [1.54, 1.807) is 0 Å². The van der Waals surface area contributed by atoms with Gasteiger partial charge in [-0.3, -0.25) is 4.79 Å². The monoisotopic (exact) mass is 311 g/mol. The second-order valence-electron chi connectivity index (χ2n) is 5.44. The molecule has 0 unspecified atom stereocenters. The van der Waals surface area contributed by atoms with Gasteiger partial charge >= 0.3 is 5.97 Å². The second kappa shape index (κ2) is 5.68. The Morgan fingerprint density at radius 1 is 1.13 bits per heavy atom. The van der Waals surface area contributed by atoms with Crippen molar-refractivity contribution in [1.82, 2.24) is 4.57 Å². The van der Waals surface area contributed by atoms with Gasteiger partial charge in [-0.1, -0.05) is 29.8 Å². The summed E-state index contributed by atoms with van der Waals surface area (Å²) >= 11 is 0. The van der Waals surface area contributed by atoms with Crippen LogP contribution >= 0.6 is 0 Å². The summed E-state index contributed by atoms with van der Waals surface area (Å²) in [6, 6.07) is 12.7. The van der Waals surface area contributed by atoms with Gasteiger partial charge in [-0.2, -0.15) is 0 Å². The Hall–Kier alpha value is -2.95. The van der Waals surface area contributed by atoms with Gasteiger partial charge in [0, 0.05) is 11.5 Å². The number of carbonyl (C=O) groups is 1. The van der Waals surface area contributed by atoms with E-state index in [0.717, 1.165) is 17.2 Å². The molecule has 0 amide bonds. The predicted octanol–water partition coefficient (Wildman–Crippen LogP) is 3.20. The third-order valence-electron chi connectivity index (χ3n) is 3.74. The minimum absolute atomic E-state index is 0.114. The molecule has 1 N–H and O–H groups in total. The average molecular weight is 311 g/mol. The molecule has 0 bridgehead atoms. The Morgan fingerprint density at radius 2 is 1.83 bits per heavy atom. The summed E-state index contributed by atoms with van der Waals surface area (Å²) in [6.07, 6.45) is 0. The summed E-state index contributed by atoms with van der Waals surface area (Å²) in [5.41, 5.74) is 1.60. The van der Waals surface area contributed by atoms with Crippen LogP contribution in [0.5, 0.6) is 0 Å². The molecule has 0 spiro atoms. The molecule has 0 aliphatic rings. The van der Waals surface area contributed by atoms with Gasteiger partial charge in [0.15, 0.2) is 0 Å². The first-order valence-corrected chi connectivity index (χ1v) is 7.07. The van der Waals surface area contributed by atoms with Crippen LogP contribution in [0.25, 0.3) is 10.9 Å². The van der Waals surface area contributed by atoms with Crippen LogP contribution in [0.4, 0.5) is 4.39 Å². The van der Waals surface area contributed by atoms with E-state index in [-0.39, 0.29) is 23.2 Å². The predicted molar refractivity (Wildman–Crippen MR) is 85.4 cm³/mol. The van der Waals surface area contributed by atoms with Gasteiger partial charge in [0.2, 0.25) is 0 Å². The molecule has 0 saturated carbocycles. The van der Waals surface area contributed by atoms with E-state index in [1.165, 1.54) is 22.8 Å². The van der Waals surface area contributed by atoms with Crippen LogP contribution in [-0.4, -0.2) is 15.6 Å². The summed E-state index contributed by atoms with van der Waals surface area (Å²) in [7, 11) is 0. The Balaban J connectivity index is 2.19. The first-order chi connectivity index (χ1) is 11.0. The number of nitrogens with zero attached hydrogens (tertiary/aromatic N) is 1. The van der Waals surface area contributed by atoms with Crippen molar-refractivity contribution < 1.29 is 14.3 Å². The molecule has 3 rings (SSSR count). The first-order valence-electron chi connectivity index (χ1n) is 7.07. The standard InChI is InChI=1S/C18H14FNO3/c1-11-2-4-12(5-3-11)10-20-16(21)7-6-13-8-14(18(22)23)9-15(19)17(13)20/h2-9H,10H2,1H3,(H,22,23). The summed E-state index contributed by atoms with van der Waals surface area (Å²) in [4.78, 5) is 23.2. The molecule has 5 heteroatoms. The molecular weight excluding hydrogens is 297 g/mol. The molecule has 0 aliphatic carbocycles. The van der Waals surface area contributed by atoms with E-state index in [1.807, 2.05) is 31.2 Å². The van der Waals surface area contributed by atoms with Crippen LogP contribution < -0.4 is 5.56 Å². The lowest BCUT2D eigenvalue weighted by Gasteiger charge is -2.12. The van der Waals surface area contributed by atoms with Crippen molar-refractivity contribution in [3.05, 3.63) is 81.4 Å². The average Bonchev–Trinajstić information content (AvgIpc) is 2.51. The van der Waals surface area contributed by atoms with Crippen LogP contribution in [0.3, 0.4) is 0 Å². The van der Waals surface area contributed by atoms with Crippen LogP contribution in [-0.2, 0) is 6.54 Å². The maximum Gasteiger partial charge on any atom is 0.335 e. The number of fused-ring (bicyclic) bond motifs is 1. The lowest BCUT2D eigenvalue weighted by molar-refractivity contribution is 0.0696. The first kappa shape index (κ1) is 15.0. The molecule has 1 aromatic heterocycles. The summed E-state index contributed by atoms with van der Waals surface area (Å²) in [5, 5.41) is 9.40. The highest BCUT2D eigenvalue weighted by Crippen LogP contribution is 2.20. The highest BCUT2D eigenvalue weighted by atomic mass is 19.1. The molecule has 4 nitrogen and oxygen atoms in total. The number of hydrogen-bond donors (Lipinski definition) is 1. The number of hydrogen-bond acceptors (Lipinski definition) is 2. The highest BCUT2D eigenvalue weighted by Gasteiger charge is 2.13. The molecule has 0 radical (unpaired) electrons. The zero-order chi connectivity index (χ0) is 16.6. The fraction of sp³-hybridized carbons (Fsp3) is 0.111. The van der Waals surface area contributed by atoms with Gasteiger partial charge in [0.05, 0.1) is 17.6 Å². The SMILES string of the molecule is Cc1ccc(Cn2c(=O)ccc3cc(C(=O)O)cc(F)c32)cc1. The fourth-order valence-corrected chi connectivity index (χ4v) is 2.55. The van der Waals surface area contributed by atoms with E-state index in [4.69, 9.17) is 5.11 Å². The Labute approximate surface area is 131 Å². The minimum atomic E-state index is -1.21. The van der Waals surface area contributed by atoms with Crippen molar-refractivity contribution >= 4 is 16.9 Å². The Kier molecular flexibility index (Phi) is 3.70. The molecule has 116 valence electrons. The van der Waals surface area contributed by atoms with E-state index in [9.17, 15) is 14.0 Å². The molecule has 0 saturated heterocycles. The number of aryl methyl sites for hydroxylation is 1. The third-order valence-corrected chi connectivity index (χ3v) is 3.74. The summed E-state index contributed by atoms with van der Waals surface area (Å²) < 4.78 is 15.7. The van der Waals surface area contributed by atoms with Crippen molar-refractivity contribution in [1.29, 1.82) is 0 Å². The number of benzene rings is 2. The van der Waals surface area contributed by atoms with Crippen LogP contribution in [0.15, 0.2) is 53.3 Å². The summed E-state index contributed by atoms with van der Waals surface area (Å²) in [5.74, 6) is -1.92. The number of pyridine rings is 1. The number of carboxylic acid groups (broad SMARTS) is 1. The van der Waals surface area contributed by atoms with E-state index >= 15 is 0 Å². The Bertz CT molecular complexity index is 958. The zero-order valence-corrected chi connectivity index (χ0v) is 12.4. The van der Waals surface area contributed by atoms with Crippen molar-refractivity contribution in [2.45, 2.75) is 13.5 Å². The van der Waals surface area contributed by atoms with E-state index < -0.39 is 11.8 Å². The highest BCUT2D eigenvalue weighted by molar-refractivity contribution is 5.93. The molecule has 0 fully saturated rings. The molecule has 0 aliphatic heterocycles. The summed E-state index contributed by atoms with van der Waals surface area (Å²) in [6.45, 7) is 2.18. The fourth-order valence-electron chi connectivity index (χ4n) is 2.55. The van der Waals surface area contributed by atoms with Crippen molar-refractivity contribution in [2.75, 3.05) is 0 Å². The van der Waals surface area contributed by atoms with Crippen molar-refractivity contribution in [2.24, 2.45) is 0 Å². The van der Waals surface area contributed by atoms with Gasteiger partial charge in [-0.15, -0.1) is 0 Å². The van der Waals surface area contributed by atoms with Gasteiger partial charge in [-0.25, -0.2) is 9.18 Å². The lowest BCUT2D eigenvalue weighted by atomic mass is 10.1. The number of halogens is 1. The van der Waals surface area contributed by atoms with Gasteiger partial charge in [-0.05, 0) is 30.7 Å². The quantitative estimate of drug-likeness (QED) is 0.808. The van der Waals surface area contributed by atoms with Crippen molar-refractivity contribution in [3.8, 4) is 0 Å².